The summed E-state index contributed by atoms with van der Waals surface area (Å²) in [7, 11) is 0. The first-order chi connectivity index (χ1) is 17.0. The first kappa shape index (κ1) is 22.0. The van der Waals surface area contributed by atoms with Crippen LogP contribution in [0.3, 0.4) is 0 Å². The van der Waals surface area contributed by atoms with Crippen molar-refractivity contribution in [2.75, 3.05) is 13.2 Å². The molecule has 35 heavy (non-hydrogen) atoms. The summed E-state index contributed by atoms with van der Waals surface area (Å²) < 4.78 is 15.7. The van der Waals surface area contributed by atoms with Gasteiger partial charge in [0.25, 0.3) is 5.91 Å². The van der Waals surface area contributed by atoms with Crippen molar-refractivity contribution in [3.63, 3.8) is 0 Å². The molecule has 3 aromatic carbocycles. The fraction of sp³-hybridized carbons (Fsp3) is 0.214. The van der Waals surface area contributed by atoms with Crippen LogP contribution in [-0.2, 0) is 9.47 Å². The minimum atomic E-state index is -0.616. The van der Waals surface area contributed by atoms with Gasteiger partial charge in [-0.2, -0.15) is 0 Å². The molecule has 1 saturated heterocycles. The van der Waals surface area contributed by atoms with Crippen molar-refractivity contribution >= 4 is 37.4 Å². The number of carbonyl (C=O) groups excluding carboxylic acids is 1. The predicted molar refractivity (Wildman–Crippen MR) is 139 cm³/mol. The van der Waals surface area contributed by atoms with Gasteiger partial charge in [-0.05, 0) is 43.2 Å². The second-order valence-electron chi connectivity index (χ2n) is 9.14. The van der Waals surface area contributed by atoms with Gasteiger partial charge in [-0.3, -0.25) is 9.36 Å². The Morgan fingerprint density at radius 2 is 1.94 bits per heavy atom. The van der Waals surface area contributed by atoms with Crippen LogP contribution in [0.1, 0.15) is 24.3 Å². The molecule has 0 unspecified atom stereocenters. The fourth-order valence-corrected chi connectivity index (χ4v) is 5.87. The van der Waals surface area contributed by atoms with E-state index in [-0.39, 0.29) is 12.0 Å². The molecule has 6 nitrogen and oxygen atoms in total. The number of benzene rings is 3. The summed E-state index contributed by atoms with van der Waals surface area (Å²) in [6, 6.07) is 23.2. The number of rotatable bonds is 5. The van der Waals surface area contributed by atoms with Crippen LogP contribution in [0.5, 0.6) is 0 Å². The molecule has 5 aromatic rings. The predicted octanol–water partition coefficient (Wildman–Crippen LogP) is 5.79. The molecule has 1 atom stereocenters. The van der Waals surface area contributed by atoms with Gasteiger partial charge in [-0.15, -0.1) is 11.3 Å². The van der Waals surface area contributed by atoms with Crippen molar-refractivity contribution < 1.29 is 14.3 Å². The number of hydrogen-bond donors (Lipinski definition) is 1. The van der Waals surface area contributed by atoms with E-state index in [9.17, 15) is 4.79 Å². The van der Waals surface area contributed by atoms with E-state index >= 15 is 0 Å². The molecule has 6 rings (SSSR count). The van der Waals surface area contributed by atoms with Crippen molar-refractivity contribution in [2.24, 2.45) is 0 Å². The Labute approximate surface area is 207 Å². The first-order valence-electron chi connectivity index (χ1n) is 11.6. The maximum absolute atomic E-state index is 13.0. The van der Waals surface area contributed by atoms with Crippen LogP contribution in [0, 0.1) is 0 Å². The maximum atomic E-state index is 13.0. The van der Waals surface area contributed by atoms with Gasteiger partial charge in [0, 0.05) is 32.4 Å². The van der Waals surface area contributed by atoms with Gasteiger partial charge < -0.3 is 14.8 Å². The summed E-state index contributed by atoms with van der Waals surface area (Å²) in [6.07, 6.45) is 3.09. The Morgan fingerprint density at radius 3 is 2.80 bits per heavy atom. The highest BCUT2D eigenvalue weighted by Crippen LogP contribution is 2.40. The number of fused-ring (bicyclic) bond motifs is 3. The first-order valence-corrected chi connectivity index (χ1v) is 12.4. The van der Waals surface area contributed by atoms with E-state index in [2.05, 4.69) is 64.9 Å². The van der Waals surface area contributed by atoms with Crippen LogP contribution in [0.4, 0.5) is 0 Å². The van der Waals surface area contributed by atoms with Crippen molar-refractivity contribution in [2.45, 2.75) is 25.7 Å². The zero-order valence-electron chi connectivity index (χ0n) is 19.5. The number of aromatic nitrogens is 2. The minimum absolute atomic E-state index is 0.171. The molecule has 1 amide bonds. The van der Waals surface area contributed by atoms with Crippen LogP contribution >= 0.6 is 11.3 Å². The Balaban J connectivity index is 1.30. The normalized spacial score (nSPS) is 17.3. The smallest absolute Gasteiger partial charge is 0.270 e. The van der Waals surface area contributed by atoms with Gasteiger partial charge in [0.05, 0.1) is 19.1 Å². The molecule has 7 heteroatoms. The number of nitrogens with zero attached hydrogens (tertiary/aromatic N) is 2. The molecular weight excluding hydrogens is 458 g/mol. The van der Waals surface area contributed by atoms with Crippen LogP contribution in [-0.4, -0.2) is 40.5 Å². The maximum Gasteiger partial charge on any atom is 0.270 e. The van der Waals surface area contributed by atoms with Gasteiger partial charge >= 0.3 is 0 Å². The van der Waals surface area contributed by atoms with Crippen molar-refractivity contribution in [1.29, 1.82) is 0 Å². The fourth-order valence-electron chi connectivity index (χ4n) is 4.63. The lowest BCUT2D eigenvalue weighted by Crippen LogP contribution is -2.35. The standard InChI is InChI=1S/C28H25N3O3S/c1-28(2)33-16-20(34-28)14-30-27(32)24-15-29-17-31(24)19-8-5-7-18(13-19)21-10-6-11-23-22-9-3-4-12-25(22)35-26(21)23/h3-13,15,17,20H,14,16H2,1-2H3,(H,30,32)/t20-/m1/s1. The van der Waals surface area contributed by atoms with Gasteiger partial charge in [-0.1, -0.05) is 48.5 Å². The number of ether oxygens (including phenoxy) is 2. The van der Waals surface area contributed by atoms with E-state index < -0.39 is 5.79 Å². The minimum Gasteiger partial charge on any atom is -0.348 e. The van der Waals surface area contributed by atoms with Crippen LogP contribution in [0.15, 0.2) is 79.3 Å². The summed E-state index contributed by atoms with van der Waals surface area (Å²) in [5.41, 5.74) is 3.63. The Hall–Kier alpha value is -3.52. The molecule has 176 valence electrons. The molecular formula is C28H25N3O3S. The SMILES string of the molecule is CC1(C)OC[C@@H](CNC(=O)c2cncn2-c2cccc(-c3cccc4c3sc3ccccc34)c2)O1. The molecule has 0 bridgehead atoms. The Morgan fingerprint density at radius 1 is 1.11 bits per heavy atom. The zero-order valence-corrected chi connectivity index (χ0v) is 20.3. The highest BCUT2D eigenvalue weighted by molar-refractivity contribution is 7.26. The largest absolute Gasteiger partial charge is 0.348 e. The van der Waals surface area contributed by atoms with Crippen molar-refractivity contribution in [3.05, 3.63) is 84.9 Å². The number of nitrogens with one attached hydrogen (secondary N) is 1. The molecule has 1 fully saturated rings. The highest BCUT2D eigenvalue weighted by Gasteiger charge is 2.32. The highest BCUT2D eigenvalue weighted by atomic mass is 32.1. The second kappa shape index (κ2) is 8.61. The third kappa shape index (κ3) is 4.12. The average Bonchev–Trinajstić information content (AvgIpc) is 3.59. The van der Waals surface area contributed by atoms with E-state index in [4.69, 9.17) is 9.47 Å². The van der Waals surface area contributed by atoms with E-state index in [0.29, 0.717) is 18.8 Å². The molecule has 3 heterocycles. The third-order valence-electron chi connectivity index (χ3n) is 6.27. The van der Waals surface area contributed by atoms with Crippen molar-refractivity contribution in [1.82, 2.24) is 14.9 Å². The number of hydrogen-bond acceptors (Lipinski definition) is 5. The summed E-state index contributed by atoms with van der Waals surface area (Å²) in [4.78, 5) is 17.2. The lowest BCUT2D eigenvalue weighted by molar-refractivity contribution is -0.137. The van der Waals surface area contributed by atoms with Crippen molar-refractivity contribution in [3.8, 4) is 16.8 Å². The number of thiophene rings is 1. The lowest BCUT2D eigenvalue weighted by atomic mass is 10.0. The van der Waals surface area contributed by atoms with Crippen LogP contribution in [0.2, 0.25) is 0 Å². The molecule has 1 aliphatic heterocycles. The van der Waals surface area contributed by atoms with E-state index in [1.54, 1.807) is 12.5 Å². The summed E-state index contributed by atoms with van der Waals surface area (Å²) in [5.74, 6) is -0.817. The van der Waals surface area contributed by atoms with Crippen LogP contribution < -0.4 is 5.32 Å². The zero-order chi connectivity index (χ0) is 24.0. The molecule has 1 aliphatic rings. The summed E-state index contributed by atoms with van der Waals surface area (Å²) in [5, 5.41) is 5.50. The summed E-state index contributed by atoms with van der Waals surface area (Å²) in [6.45, 7) is 4.58. The third-order valence-corrected chi connectivity index (χ3v) is 7.49. The van der Waals surface area contributed by atoms with E-state index in [1.165, 1.54) is 25.7 Å². The number of imidazole rings is 1. The molecule has 0 saturated carbocycles. The molecule has 0 spiro atoms. The lowest BCUT2D eigenvalue weighted by Gasteiger charge is -2.17. The van der Waals surface area contributed by atoms with Gasteiger partial charge in [0.2, 0.25) is 0 Å². The number of carbonyl (C=O) groups is 1. The Bertz CT molecular complexity index is 1550. The molecule has 1 N–H and O–H groups in total. The van der Waals surface area contributed by atoms with Gasteiger partial charge in [-0.25, -0.2) is 4.98 Å². The molecule has 2 aromatic heterocycles. The topological polar surface area (TPSA) is 65.4 Å². The van der Waals surface area contributed by atoms with Crippen LogP contribution in [0.25, 0.3) is 37.0 Å². The number of amides is 1. The Kier molecular flexibility index (Phi) is 5.40. The molecule has 0 aliphatic carbocycles. The quantitative estimate of drug-likeness (QED) is 0.344. The molecule has 0 radical (unpaired) electrons. The van der Waals surface area contributed by atoms with Gasteiger partial charge in [0.1, 0.15) is 11.8 Å². The monoisotopic (exact) mass is 483 g/mol. The van der Waals surface area contributed by atoms with E-state index in [1.807, 2.05) is 41.9 Å². The average molecular weight is 484 g/mol. The second-order valence-corrected chi connectivity index (χ2v) is 10.2. The summed E-state index contributed by atoms with van der Waals surface area (Å²) >= 11 is 1.81. The van der Waals surface area contributed by atoms with E-state index in [0.717, 1.165) is 11.3 Å². The van der Waals surface area contributed by atoms with Gasteiger partial charge in [0.15, 0.2) is 5.79 Å².